The molecule has 158 valence electrons. The first-order valence-electron chi connectivity index (χ1n) is 9.95. The van der Waals surface area contributed by atoms with Gasteiger partial charge in [-0.25, -0.2) is 0 Å². The Labute approximate surface area is 185 Å². The highest BCUT2D eigenvalue weighted by molar-refractivity contribution is 7.14. The number of hydrogen-bond acceptors (Lipinski definition) is 6. The lowest BCUT2D eigenvalue weighted by Crippen LogP contribution is -2.41. The van der Waals surface area contributed by atoms with Crippen molar-refractivity contribution in [1.29, 1.82) is 5.26 Å². The molecule has 1 aliphatic rings. The molecule has 0 radical (unpaired) electrons. The van der Waals surface area contributed by atoms with Crippen LogP contribution in [0.3, 0.4) is 0 Å². The molecule has 0 aliphatic carbocycles. The molecule has 0 unspecified atom stereocenters. The number of methoxy groups -OCH3 is 2. The van der Waals surface area contributed by atoms with Gasteiger partial charge < -0.3 is 14.8 Å². The molecule has 0 saturated carbocycles. The molecule has 7 heteroatoms. The van der Waals surface area contributed by atoms with Crippen LogP contribution >= 0.6 is 11.3 Å². The zero-order chi connectivity index (χ0) is 21.8. The molecule has 6 nitrogen and oxygen atoms in total. The molecule has 1 aromatic heterocycles. The van der Waals surface area contributed by atoms with Crippen LogP contribution in [0.15, 0.2) is 53.9 Å². The largest absolute Gasteiger partial charge is 0.493 e. The minimum Gasteiger partial charge on any atom is -0.493 e. The van der Waals surface area contributed by atoms with Crippen molar-refractivity contribution in [1.82, 2.24) is 4.90 Å². The molecule has 2 heterocycles. The van der Waals surface area contributed by atoms with E-state index >= 15 is 0 Å². The summed E-state index contributed by atoms with van der Waals surface area (Å²) in [4.78, 5) is 15.0. The minimum absolute atomic E-state index is 0.0886. The molecule has 0 spiro atoms. The molecule has 2 aromatic carbocycles. The van der Waals surface area contributed by atoms with Gasteiger partial charge in [0.2, 0.25) is 5.91 Å². The van der Waals surface area contributed by atoms with Crippen molar-refractivity contribution in [2.24, 2.45) is 0 Å². The van der Waals surface area contributed by atoms with Crippen LogP contribution in [0.1, 0.15) is 28.3 Å². The smallest absolute Gasteiger partial charge is 0.239 e. The van der Waals surface area contributed by atoms with Crippen LogP contribution in [0.2, 0.25) is 0 Å². The number of carbonyl (C=O) groups excluding carboxylic acids is 1. The first-order valence-corrected chi connectivity index (χ1v) is 10.8. The number of benzene rings is 2. The van der Waals surface area contributed by atoms with E-state index in [1.165, 1.54) is 16.9 Å². The summed E-state index contributed by atoms with van der Waals surface area (Å²) in [6.45, 7) is 0.946. The standard InChI is InChI=1S/C24H23N3O3S/c1-29-20-12-17-8-10-27(15-22(28)26-24-18(14-25)9-11-31-24)23(16-6-4-3-5-7-16)19(17)13-21(20)30-2/h3-7,9,11-13,23H,8,10,15H2,1-2H3,(H,26,28)/t23-/m0/s1. The van der Waals surface area contributed by atoms with E-state index in [2.05, 4.69) is 28.4 Å². The molecule has 0 bridgehead atoms. The Bertz CT molecular complexity index is 1120. The number of nitriles is 1. The van der Waals surface area contributed by atoms with E-state index in [1.54, 1.807) is 25.7 Å². The Morgan fingerprint density at radius 1 is 1.19 bits per heavy atom. The molecule has 3 aromatic rings. The molecule has 0 fully saturated rings. The molecular formula is C24H23N3O3S. The van der Waals surface area contributed by atoms with Crippen molar-refractivity contribution < 1.29 is 14.3 Å². The van der Waals surface area contributed by atoms with Gasteiger partial charge in [-0.05, 0) is 46.7 Å². The highest BCUT2D eigenvalue weighted by Crippen LogP contribution is 2.40. The van der Waals surface area contributed by atoms with Crippen LogP contribution in [0.4, 0.5) is 5.00 Å². The lowest BCUT2D eigenvalue weighted by molar-refractivity contribution is -0.117. The number of nitrogens with one attached hydrogen (secondary N) is 1. The van der Waals surface area contributed by atoms with Crippen molar-refractivity contribution in [3.8, 4) is 17.6 Å². The van der Waals surface area contributed by atoms with Gasteiger partial charge >= 0.3 is 0 Å². The molecule has 4 rings (SSSR count). The minimum atomic E-state index is -0.135. The predicted octanol–water partition coefficient (Wildman–Crippen LogP) is 4.22. The summed E-state index contributed by atoms with van der Waals surface area (Å²) in [7, 11) is 3.27. The van der Waals surface area contributed by atoms with E-state index in [0.717, 1.165) is 24.1 Å². The maximum atomic E-state index is 12.9. The summed E-state index contributed by atoms with van der Waals surface area (Å²) in [6.07, 6.45) is 0.800. The number of hydrogen-bond donors (Lipinski definition) is 1. The third-order valence-corrected chi connectivity index (χ3v) is 6.30. The van der Waals surface area contributed by atoms with Gasteiger partial charge in [-0.2, -0.15) is 5.26 Å². The van der Waals surface area contributed by atoms with Crippen LogP contribution in [-0.4, -0.2) is 38.1 Å². The van der Waals surface area contributed by atoms with Crippen LogP contribution < -0.4 is 14.8 Å². The van der Waals surface area contributed by atoms with Gasteiger partial charge in [-0.3, -0.25) is 9.69 Å². The Morgan fingerprint density at radius 3 is 2.65 bits per heavy atom. The van der Waals surface area contributed by atoms with E-state index in [-0.39, 0.29) is 18.5 Å². The number of carbonyl (C=O) groups is 1. The summed E-state index contributed by atoms with van der Waals surface area (Å²) < 4.78 is 11.0. The maximum absolute atomic E-state index is 12.9. The second kappa shape index (κ2) is 9.21. The Kier molecular flexibility index (Phi) is 6.21. The van der Waals surface area contributed by atoms with Gasteiger partial charge in [0.25, 0.3) is 0 Å². The van der Waals surface area contributed by atoms with E-state index in [1.807, 2.05) is 30.3 Å². The monoisotopic (exact) mass is 433 g/mol. The number of fused-ring (bicyclic) bond motifs is 1. The summed E-state index contributed by atoms with van der Waals surface area (Å²) in [6, 6.07) is 17.9. The van der Waals surface area contributed by atoms with Gasteiger partial charge in [-0.15, -0.1) is 11.3 Å². The van der Waals surface area contributed by atoms with Gasteiger partial charge in [0.05, 0.1) is 32.4 Å². The number of thiophene rings is 1. The lowest BCUT2D eigenvalue weighted by Gasteiger charge is -2.37. The molecule has 1 N–H and O–H groups in total. The molecule has 1 aliphatic heterocycles. The lowest BCUT2D eigenvalue weighted by atomic mass is 9.87. The number of amides is 1. The summed E-state index contributed by atoms with van der Waals surface area (Å²) in [5, 5.41) is 14.5. The van der Waals surface area contributed by atoms with Gasteiger partial charge in [-0.1, -0.05) is 30.3 Å². The summed E-state index contributed by atoms with van der Waals surface area (Å²) in [5.74, 6) is 1.25. The van der Waals surface area contributed by atoms with Crippen molar-refractivity contribution in [3.63, 3.8) is 0 Å². The van der Waals surface area contributed by atoms with Gasteiger partial charge in [0.15, 0.2) is 11.5 Å². The Morgan fingerprint density at radius 2 is 1.94 bits per heavy atom. The molecule has 1 amide bonds. The highest BCUT2D eigenvalue weighted by atomic mass is 32.1. The van der Waals surface area contributed by atoms with E-state index in [4.69, 9.17) is 9.47 Å². The topological polar surface area (TPSA) is 74.6 Å². The molecule has 0 saturated heterocycles. The normalized spacial score (nSPS) is 15.6. The second-order valence-corrected chi connectivity index (χ2v) is 8.18. The van der Waals surface area contributed by atoms with Crippen molar-refractivity contribution in [2.75, 3.05) is 32.6 Å². The van der Waals surface area contributed by atoms with Crippen molar-refractivity contribution in [2.45, 2.75) is 12.5 Å². The van der Waals surface area contributed by atoms with Crippen LogP contribution in [0, 0.1) is 11.3 Å². The van der Waals surface area contributed by atoms with Crippen molar-refractivity contribution in [3.05, 3.63) is 76.2 Å². The third-order valence-electron chi connectivity index (χ3n) is 5.47. The average molecular weight is 434 g/mol. The quantitative estimate of drug-likeness (QED) is 0.630. The number of ether oxygens (including phenoxy) is 2. The van der Waals surface area contributed by atoms with Crippen molar-refractivity contribution >= 4 is 22.2 Å². The molecule has 31 heavy (non-hydrogen) atoms. The summed E-state index contributed by atoms with van der Waals surface area (Å²) in [5.41, 5.74) is 3.89. The third kappa shape index (κ3) is 4.26. The Balaban J connectivity index is 1.66. The number of rotatable bonds is 6. The van der Waals surface area contributed by atoms with Crippen LogP contribution in [0.25, 0.3) is 0 Å². The van der Waals surface area contributed by atoms with E-state index in [0.29, 0.717) is 22.1 Å². The first-order chi connectivity index (χ1) is 15.1. The van der Waals surface area contributed by atoms with Crippen LogP contribution in [0.5, 0.6) is 11.5 Å². The zero-order valence-electron chi connectivity index (χ0n) is 17.4. The second-order valence-electron chi connectivity index (χ2n) is 7.26. The number of anilines is 1. The zero-order valence-corrected chi connectivity index (χ0v) is 18.2. The van der Waals surface area contributed by atoms with E-state index in [9.17, 15) is 10.1 Å². The van der Waals surface area contributed by atoms with Gasteiger partial charge in [0, 0.05) is 6.54 Å². The average Bonchev–Trinajstić information content (AvgIpc) is 3.25. The molecule has 1 atom stereocenters. The molecular weight excluding hydrogens is 410 g/mol. The maximum Gasteiger partial charge on any atom is 0.239 e. The fraction of sp³-hybridized carbons (Fsp3) is 0.250. The predicted molar refractivity (Wildman–Crippen MR) is 121 cm³/mol. The Hall–Kier alpha value is -3.34. The fourth-order valence-electron chi connectivity index (χ4n) is 4.04. The SMILES string of the molecule is COc1cc2c(cc1OC)[C@H](c1ccccc1)N(CC(=O)Nc1sccc1C#N)CC2. The van der Waals surface area contributed by atoms with Crippen LogP contribution in [-0.2, 0) is 11.2 Å². The number of nitrogens with zero attached hydrogens (tertiary/aromatic N) is 2. The van der Waals surface area contributed by atoms with Gasteiger partial charge in [0.1, 0.15) is 11.1 Å². The first kappa shape index (κ1) is 20.9. The highest BCUT2D eigenvalue weighted by Gasteiger charge is 2.31. The fourth-order valence-corrected chi connectivity index (χ4v) is 4.79. The summed E-state index contributed by atoms with van der Waals surface area (Å²) >= 11 is 1.36. The van der Waals surface area contributed by atoms with E-state index < -0.39 is 0 Å².